The topological polar surface area (TPSA) is 41.9 Å². The number of aliphatic hydroxyl groups excluding tert-OH is 1. The Labute approximate surface area is 178 Å². The second-order valence-corrected chi connectivity index (χ2v) is 7.73. The van der Waals surface area contributed by atoms with Crippen LogP contribution in [0, 0.1) is 0 Å². The fourth-order valence-corrected chi connectivity index (χ4v) is 4.83. The summed E-state index contributed by atoms with van der Waals surface area (Å²) in [4.78, 5) is 2.19. The van der Waals surface area contributed by atoms with Gasteiger partial charge in [-0.25, -0.2) is 4.90 Å². The van der Waals surface area contributed by atoms with Crippen LogP contribution in [0.1, 0.15) is 29.5 Å². The maximum absolute atomic E-state index is 10.8. The van der Waals surface area contributed by atoms with Crippen LogP contribution in [-0.2, 0) is 15.0 Å². The number of aliphatic hydroxyl groups is 1. The minimum absolute atomic E-state index is 0.417. The summed E-state index contributed by atoms with van der Waals surface area (Å²) in [5, 5.41) is 10.8. The zero-order valence-corrected chi connectivity index (χ0v) is 17.6. The Bertz CT molecular complexity index is 830. The monoisotopic (exact) mass is 403 g/mol. The summed E-state index contributed by atoms with van der Waals surface area (Å²) in [6.45, 7) is 0.417. The van der Waals surface area contributed by atoms with Gasteiger partial charge in [0.2, 0.25) is 5.91 Å². The number of methoxy groups -OCH3 is 2. The molecule has 4 nitrogen and oxygen atoms in total. The van der Waals surface area contributed by atoms with Crippen LogP contribution in [0.5, 0.6) is 0 Å². The van der Waals surface area contributed by atoms with E-state index < -0.39 is 17.6 Å². The van der Waals surface area contributed by atoms with Crippen LogP contribution < -0.4 is 0 Å². The minimum atomic E-state index is -0.971. The molecule has 30 heavy (non-hydrogen) atoms. The fourth-order valence-electron chi connectivity index (χ4n) is 4.83. The quantitative estimate of drug-likeness (QED) is 0.490. The molecule has 3 aromatic carbocycles. The van der Waals surface area contributed by atoms with Crippen molar-refractivity contribution in [3.8, 4) is 0 Å². The van der Waals surface area contributed by atoms with Crippen molar-refractivity contribution in [1.82, 2.24) is 4.90 Å². The smallest absolute Gasteiger partial charge is 0.230 e. The van der Waals surface area contributed by atoms with Crippen molar-refractivity contribution in [2.75, 3.05) is 20.8 Å². The summed E-state index contributed by atoms with van der Waals surface area (Å²) in [5.74, 6) is -0.971. The van der Waals surface area contributed by atoms with Crippen molar-refractivity contribution in [2.45, 2.75) is 30.4 Å². The average molecular weight is 404 g/mol. The van der Waals surface area contributed by atoms with Crippen LogP contribution in [0.4, 0.5) is 0 Å². The third-order valence-corrected chi connectivity index (χ3v) is 6.22. The molecule has 0 amide bonds. The first-order valence-corrected chi connectivity index (χ1v) is 10.4. The van der Waals surface area contributed by atoms with Gasteiger partial charge in [0.25, 0.3) is 0 Å². The van der Waals surface area contributed by atoms with Gasteiger partial charge in [0.05, 0.1) is 6.10 Å². The lowest BCUT2D eigenvalue weighted by Gasteiger charge is -2.56. The van der Waals surface area contributed by atoms with Gasteiger partial charge in [0.1, 0.15) is 5.54 Å². The van der Waals surface area contributed by atoms with Gasteiger partial charge in [-0.05, 0) is 23.1 Å². The summed E-state index contributed by atoms with van der Waals surface area (Å²) >= 11 is 0. The molecule has 0 spiro atoms. The number of ether oxygens (including phenoxy) is 2. The van der Waals surface area contributed by atoms with Gasteiger partial charge in [-0.15, -0.1) is 0 Å². The second kappa shape index (κ2) is 8.70. The summed E-state index contributed by atoms with van der Waals surface area (Å²) in [5.41, 5.74) is 2.57. The molecule has 1 saturated heterocycles. The van der Waals surface area contributed by atoms with Gasteiger partial charge in [-0.3, -0.25) is 0 Å². The Hall–Kier alpha value is -2.50. The molecule has 0 unspecified atom stereocenters. The molecule has 4 rings (SSSR count). The molecule has 0 aliphatic carbocycles. The van der Waals surface area contributed by atoms with Crippen LogP contribution in [0.2, 0.25) is 0 Å². The van der Waals surface area contributed by atoms with Gasteiger partial charge < -0.3 is 14.6 Å². The van der Waals surface area contributed by atoms with Gasteiger partial charge in [-0.1, -0.05) is 91.0 Å². The number of piperidine rings is 1. The third kappa shape index (κ3) is 3.36. The number of hydrogen-bond acceptors (Lipinski definition) is 4. The SMILES string of the molecule is COC1(OC)CC[C@@H](O)CN1C(c1ccccc1)(c1ccccc1)c1ccccc1. The molecule has 1 N–H and O–H groups in total. The molecule has 1 heterocycles. The lowest BCUT2D eigenvalue weighted by Crippen LogP contribution is -2.66. The number of hydrogen-bond donors (Lipinski definition) is 1. The second-order valence-electron chi connectivity index (χ2n) is 7.73. The molecule has 156 valence electrons. The van der Waals surface area contributed by atoms with Gasteiger partial charge in [0.15, 0.2) is 0 Å². The molecule has 0 bridgehead atoms. The number of likely N-dealkylation sites (tertiary alicyclic amines) is 1. The number of rotatable bonds is 6. The highest BCUT2D eigenvalue weighted by Gasteiger charge is 2.55. The molecule has 0 saturated carbocycles. The normalized spacial score (nSPS) is 19.5. The number of benzene rings is 3. The highest BCUT2D eigenvalue weighted by atomic mass is 16.7. The average Bonchev–Trinajstić information content (AvgIpc) is 2.82. The molecule has 1 aliphatic rings. The van der Waals surface area contributed by atoms with E-state index in [-0.39, 0.29) is 0 Å². The third-order valence-electron chi connectivity index (χ3n) is 6.22. The Morgan fingerprint density at radius 1 is 0.767 bits per heavy atom. The van der Waals surface area contributed by atoms with Crippen molar-refractivity contribution in [3.63, 3.8) is 0 Å². The van der Waals surface area contributed by atoms with E-state index in [2.05, 4.69) is 77.7 Å². The Morgan fingerprint density at radius 3 is 1.53 bits per heavy atom. The molecule has 1 atom stereocenters. The Morgan fingerprint density at radius 2 is 1.17 bits per heavy atom. The highest BCUT2D eigenvalue weighted by molar-refractivity contribution is 5.50. The van der Waals surface area contributed by atoms with Crippen LogP contribution in [0.3, 0.4) is 0 Å². The molecule has 4 heteroatoms. The maximum Gasteiger partial charge on any atom is 0.230 e. The number of nitrogens with zero attached hydrogens (tertiary/aromatic N) is 1. The summed E-state index contributed by atoms with van der Waals surface area (Å²) in [6.07, 6.45) is 0.709. The first kappa shape index (κ1) is 20.8. The van der Waals surface area contributed by atoms with E-state index in [9.17, 15) is 5.11 Å². The first-order valence-electron chi connectivity index (χ1n) is 10.4. The highest BCUT2D eigenvalue weighted by Crippen LogP contribution is 2.48. The van der Waals surface area contributed by atoms with E-state index in [4.69, 9.17) is 9.47 Å². The van der Waals surface area contributed by atoms with Crippen molar-refractivity contribution >= 4 is 0 Å². The predicted octanol–water partition coefficient (Wildman–Crippen LogP) is 4.38. The molecular weight excluding hydrogens is 374 g/mol. The van der Waals surface area contributed by atoms with E-state index in [0.29, 0.717) is 19.4 Å². The summed E-state index contributed by atoms with van der Waals surface area (Å²) < 4.78 is 12.1. The van der Waals surface area contributed by atoms with E-state index in [1.807, 2.05) is 18.2 Å². The first-order chi connectivity index (χ1) is 14.7. The van der Waals surface area contributed by atoms with Crippen LogP contribution >= 0.6 is 0 Å². The predicted molar refractivity (Wildman–Crippen MR) is 118 cm³/mol. The standard InChI is InChI=1S/C26H29NO3/c1-29-25(30-2)19-18-24(28)20-27(25)26(21-12-6-3-7-13-21,22-14-8-4-9-15-22)23-16-10-5-11-17-23/h3-17,24,28H,18-20H2,1-2H3/t24-/m1/s1. The maximum atomic E-state index is 10.8. The van der Waals surface area contributed by atoms with Crippen LogP contribution in [-0.4, -0.2) is 42.8 Å². The van der Waals surface area contributed by atoms with E-state index in [1.54, 1.807) is 14.2 Å². The lowest BCUT2D eigenvalue weighted by atomic mass is 9.74. The van der Waals surface area contributed by atoms with Crippen molar-refractivity contribution in [3.05, 3.63) is 108 Å². The van der Waals surface area contributed by atoms with Crippen LogP contribution in [0.25, 0.3) is 0 Å². The largest absolute Gasteiger partial charge is 0.392 e. The van der Waals surface area contributed by atoms with Crippen molar-refractivity contribution < 1.29 is 14.6 Å². The van der Waals surface area contributed by atoms with E-state index in [0.717, 1.165) is 16.7 Å². The minimum Gasteiger partial charge on any atom is -0.392 e. The molecule has 0 aromatic heterocycles. The van der Waals surface area contributed by atoms with Gasteiger partial charge in [-0.2, -0.15) is 0 Å². The zero-order valence-electron chi connectivity index (χ0n) is 17.6. The zero-order chi connectivity index (χ0) is 21.0. The Kier molecular flexibility index (Phi) is 6.02. The van der Waals surface area contributed by atoms with Crippen LogP contribution in [0.15, 0.2) is 91.0 Å². The van der Waals surface area contributed by atoms with Gasteiger partial charge >= 0.3 is 0 Å². The summed E-state index contributed by atoms with van der Waals surface area (Å²) in [6, 6.07) is 31.2. The Balaban J connectivity index is 2.09. The number of β-amino-alcohol motifs (C(OH)–C–C–N with tert-alkyl or cyclic N) is 1. The molecule has 1 aliphatic heterocycles. The van der Waals surface area contributed by atoms with Crippen molar-refractivity contribution in [2.24, 2.45) is 0 Å². The van der Waals surface area contributed by atoms with Gasteiger partial charge in [0, 0.05) is 27.2 Å². The molecule has 1 fully saturated rings. The molecule has 0 radical (unpaired) electrons. The molecule has 3 aromatic rings. The van der Waals surface area contributed by atoms with E-state index >= 15 is 0 Å². The molecular formula is C26H29NO3. The summed E-state index contributed by atoms with van der Waals surface area (Å²) in [7, 11) is 3.36. The lowest BCUT2D eigenvalue weighted by molar-refractivity contribution is -0.333. The van der Waals surface area contributed by atoms with Crippen molar-refractivity contribution in [1.29, 1.82) is 0 Å². The van der Waals surface area contributed by atoms with E-state index in [1.165, 1.54) is 0 Å². The fraction of sp³-hybridized carbons (Fsp3) is 0.308.